The van der Waals surface area contributed by atoms with Crippen LogP contribution in [0.1, 0.15) is 6.42 Å². The average molecular weight is 375 g/mol. The lowest BCUT2D eigenvalue weighted by atomic mass is 10.0. The Balaban J connectivity index is 1.83. The number of nitrogens with zero attached hydrogens (tertiary/aromatic N) is 3. The van der Waals surface area contributed by atoms with Gasteiger partial charge in [-0.25, -0.2) is 4.98 Å². The predicted molar refractivity (Wildman–Crippen MR) is 109 cm³/mol. The van der Waals surface area contributed by atoms with Crippen LogP contribution in [0.4, 0.5) is 0 Å². The fourth-order valence-electron chi connectivity index (χ4n) is 3.90. The van der Waals surface area contributed by atoms with Gasteiger partial charge in [0.05, 0.1) is 22.4 Å². The Bertz CT molecular complexity index is 1230. The Morgan fingerprint density at radius 3 is 2.61 bits per heavy atom. The van der Waals surface area contributed by atoms with Gasteiger partial charge in [0.2, 0.25) is 6.79 Å². The van der Waals surface area contributed by atoms with Gasteiger partial charge in [0.25, 0.3) is 0 Å². The molecule has 0 N–H and O–H groups in total. The minimum atomic E-state index is 0.0198. The van der Waals surface area contributed by atoms with Gasteiger partial charge in [-0.2, -0.15) is 0 Å². The van der Waals surface area contributed by atoms with Crippen LogP contribution in [-0.2, 0) is 6.54 Å². The highest BCUT2D eigenvalue weighted by molar-refractivity contribution is 5.98. The molecule has 3 aliphatic rings. The van der Waals surface area contributed by atoms with E-state index in [4.69, 9.17) is 14.5 Å². The zero-order valence-electron chi connectivity index (χ0n) is 15.9. The second-order valence-corrected chi connectivity index (χ2v) is 7.40. The molecule has 2 aromatic rings. The minimum Gasteiger partial charge on any atom is -0.454 e. The van der Waals surface area contributed by atoms with Gasteiger partial charge in [-0.3, -0.25) is 4.79 Å². The van der Waals surface area contributed by atoms with Crippen LogP contribution in [0.2, 0.25) is 0 Å². The Kier molecular flexibility index (Phi) is 3.94. The number of rotatable bonds is 4. The van der Waals surface area contributed by atoms with Crippen LogP contribution < -0.4 is 14.9 Å². The third-order valence-electron chi connectivity index (χ3n) is 5.23. The molecule has 5 rings (SSSR count). The number of aromatic nitrogens is 2. The molecule has 1 aliphatic carbocycles. The normalized spacial score (nSPS) is 13.2. The highest BCUT2D eigenvalue weighted by Gasteiger charge is 2.21. The average Bonchev–Trinajstić information content (AvgIpc) is 3.14. The number of fused-ring (bicyclic) bond motifs is 5. The molecule has 0 amide bonds. The summed E-state index contributed by atoms with van der Waals surface area (Å²) >= 11 is 0. The van der Waals surface area contributed by atoms with Crippen LogP contribution in [0, 0.1) is 0 Å². The van der Waals surface area contributed by atoms with Crippen molar-refractivity contribution in [1.29, 1.82) is 0 Å². The van der Waals surface area contributed by atoms with E-state index < -0.39 is 0 Å². The van der Waals surface area contributed by atoms with E-state index in [9.17, 15) is 4.79 Å². The molecular formula is C22H21N3O3. The van der Waals surface area contributed by atoms with Gasteiger partial charge in [-0.1, -0.05) is 24.3 Å². The molecule has 0 radical (unpaired) electrons. The maximum atomic E-state index is 12.8. The highest BCUT2D eigenvalue weighted by atomic mass is 16.7. The SMILES string of the molecule is CN(C)CCCn1c2cc(=O)c3ccccc3c-2nc2cc3c(cc21)OCO3. The molecular weight excluding hydrogens is 354 g/mol. The van der Waals surface area contributed by atoms with Crippen LogP contribution in [0.15, 0.2) is 47.3 Å². The van der Waals surface area contributed by atoms with Crippen molar-refractivity contribution in [3.63, 3.8) is 0 Å². The fraction of sp³-hybridized carbons (Fsp3) is 0.273. The third kappa shape index (κ3) is 2.68. The second kappa shape index (κ2) is 6.49. The van der Waals surface area contributed by atoms with Crippen LogP contribution in [0.5, 0.6) is 11.5 Å². The molecule has 2 aliphatic heterocycles. The van der Waals surface area contributed by atoms with Gasteiger partial charge in [0.1, 0.15) is 0 Å². The van der Waals surface area contributed by atoms with E-state index in [1.165, 1.54) is 0 Å². The van der Waals surface area contributed by atoms with E-state index in [0.29, 0.717) is 11.1 Å². The zero-order valence-corrected chi connectivity index (χ0v) is 15.9. The second-order valence-electron chi connectivity index (χ2n) is 7.40. The summed E-state index contributed by atoms with van der Waals surface area (Å²) in [5, 5.41) is 1.58. The summed E-state index contributed by atoms with van der Waals surface area (Å²) in [4.78, 5) is 19.8. The molecule has 0 bridgehead atoms. The van der Waals surface area contributed by atoms with E-state index in [2.05, 4.69) is 23.6 Å². The lowest BCUT2D eigenvalue weighted by Crippen LogP contribution is -2.17. The van der Waals surface area contributed by atoms with Crippen molar-refractivity contribution in [3.05, 3.63) is 52.7 Å². The van der Waals surface area contributed by atoms with Crippen molar-refractivity contribution < 1.29 is 9.47 Å². The van der Waals surface area contributed by atoms with Crippen molar-refractivity contribution in [2.24, 2.45) is 0 Å². The summed E-state index contributed by atoms with van der Waals surface area (Å²) < 4.78 is 13.3. The number of aryl methyl sites for hydroxylation is 1. The third-order valence-corrected chi connectivity index (χ3v) is 5.23. The fourth-order valence-corrected chi connectivity index (χ4v) is 3.90. The summed E-state index contributed by atoms with van der Waals surface area (Å²) in [6, 6.07) is 13.3. The van der Waals surface area contributed by atoms with E-state index in [1.807, 2.05) is 36.4 Å². The van der Waals surface area contributed by atoms with Gasteiger partial charge < -0.3 is 18.9 Å². The summed E-state index contributed by atoms with van der Waals surface area (Å²) in [5.74, 6) is 1.43. The minimum absolute atomic E-state index is 0.0198. The summed E-state index contributed by atoms with van der Waals surface area (Å²) in [6.45, 7) is 1.96. The highest BCUT2D eigenvalue weighted by Crippen LogP contribution is 2.38. The van der Waals surface area contributed by atoms with E-state index in [-0.39, 0.29) is 12.2 Å². The standard InChI is InChI=1S/C22H21N3O3/c1-24(2)8-5-9-25-17-12-21-20(27-13-28-21)10-16(17)23-22-15-7-4-3-6-14(15)19(26)11-18(22)25/h3-4,6-7,10-12H,5,8-9,13H2,1-2H3. The smallest absolute Gasteiger partial charge is 0.231 e. The Hall–Kier alpha value is -3.12. The van der Waals surface area contributed by atoms with Crippen molar-refractivity contribution in [2.45, 2.75) is 13.0 Å². The molecule has 28 heavy (non-hydrogen) atoms. The zero-order chi connectivity index (χ0) is 19.3. The molecule has 142 valence electrons. The van der Waals surface area contributed by atoms with Gasteiger partial charge in [-0.15, -0.1) is 0 Å². The quantitative estimate of drug-likeness (QED) is 0.404. The van der Waals surface area contributed by atoms with Crippen LogP contribution in [0.25, 0.3) is 33.2 Å². The van der Waals surface area contributed by atoms with Gasteiger partial charge >= 0.3 is 0 Å². The molecule has 0 aromatic heterocycles. The molecule has 0 atom stereocenters. The van der Waals surface area contributed by atoms with Gasteiger partial charge in [0, 0.05) is 35.5 Å². The first-order valence-electron chi connectivity index (χ1n) is 9.42. The number of benzene rings is 3. The van der Waals surface area contributed by atoms with Crippen LogP contribution in [0.3, 0.4) is 0 Å². The maximum Gasteiger partial charge on any atom is 0.231 e. The Morgan fingerprint density at radius 1 is 1.07 bits per heavy atom. The molecule has 0 saturated heterocycles. The molecule has 0 fully saturated rings. The summed E-state index contributed by atoms with van der Waals surface area (Å²) in [6.07, 6.45) is 0.960. The van der Waals surface area contributed by atoms with Crippen molar-refractivity contribution in [3.8, 4) is 22.9 Å². The van der Waals surface area contributed by atoms with E-state index in [1.54, 1.807) is 6.07 Å². The molecule has 6 heteroatoms. The first-order valence-corrected chi connectivity index (χ1v) is 9.42. The first kappa shape index (κ1) is 17.0. The van der Waals surface area contributed by atoms with Gasteiger partial charge in [-0.05, 0) is 27.1 Å². The molecule has 2 aromatic carbocycles. The lowest BCUT2D eigenvalue weighted by Gasteiger charge is -2.21. The molecule has 6 nitrogen and oxygen atoms in total. The van der Waals surface area contributed by atoms with Crippen LogP contribution in [-0.4, -0.2) is 41.9 Å². The summed E-state index contributed by atoms with van der Waals surface area (Å²) in [7, 11) is 4.13. The Labute approximate surface area is 162 Å². The Morgan fingerprint density at radius 2 is 1.82 bits per heavy atom. The molecule has 0 spiro atoms. The van der Waals surface area contributed by atoms with E-state index >= 15 is 0 Å². The number of ether oxygens (including phenoxy) is 2. The van der Waals surface area contributed by atoms with Gasteiger partial charge in [0.15, 0.2) is 16.9 Å². The van der Waals surface area contributed by atoms with Crippen molar-refractivity contribution in [1.82, 2.24) is 14.5 Å². The predicted octanol–water partition coefficient (Wildman–Crippen LogP) is 3.33. The van der Waals surface area contributed by atoms with Crippen molar-refractivity contribution >= 4 is 21.8 Å². The lowest BCUT2D eigenvalue weighted by molar-refractivity contribution is 0.174. The molecule has 0 saturated carbocycles. The summed E-state index contributed by atoms with van der Waals surface area (Å²) in [5.41, 5.74) is 3.50. The topological polar surface area (TPSA) is 56.6 Å². The van der Waals surface area contributed by atoms with E-state index in [0.717, 1.165) is 53.1 Å². The molecule has 0 unspecified atom stereocenters. The number of hydrogen-bond donors (Lipinski definition) is 0. The van der Waals surface area contributed by atoms with Crippen molar-refractivity contribution in [2.75, 3.05) is 27.4 Å². The number of hydrogen-bond acceptors (Lipinski definition) is 5. The monoisotopic (exact) mass is 375 g/mol. The van der Waals surface area contributed by atoms with Crippen LogP contribution >= 0.6 is 0 Å². The molecule has 2 heterocycles. The maximum absolute atomic E-state index is 12.8. The first-order chi connectivity index (χ1) is 13.6. The largest absolute Gasteiger partial charge is 0.454 e.